The number of nitrogens with two attached hydrogens (primary N) is 1. The molecular weight excluding hydrogens is 402 g/mol. The molecule has 2 aromatic rings. The van der Waals surface area contributed by atoms with Crippen molar-refractivity contribution in [2.75, 3.05) is 0 Å². The molecule has 0 aliphatic heterocycles. The van der Waals surface area contributed by atoms with E-state index in [-0.39, 0.29) is 5.41 Å². The summed E-state index contributed by atoms with van der Waals surface area (Å²) in [5.74, 6) is 2.20. The van der Waals surface area contributed by atoms with Gasteiger partial charge in [-0.1, -0.05) is 101 Å². The van der Waals surface area contributed by atoms with Crippen LogP contribution in [0.5, 0.6) is 5.75 Å². The van der Waals surface area contributed by atoms with E-state index in [1.165, 1.54) is 41.5 Å². The number of hydrogen-bond acceptors (Lipinski definition) is 2. The summed E-state index contributed by atoms with van der Waals surface area (Å²) < 4.78 is 6.05. The van der Waals surface area contributed by atoms with Crippen molar-refractivity contribution >= 4 is 0 Å². The highest BCUT2D eigenvalue weighted by molar-refractivity contribution is 5.41. The molecule has 1 aliphatic rings. The Bertz CT molecular complexity index is 918. The molecule has 0 radical (unpaired) electrons. The summed E-state index contributed by atoms with van der Waals surface area (Å²) in [6, 6.07) is 15.4. The maximum Gasteiger partial charge on any atom is 0.119 e. The van der Waals surface area contributed by atoms with Crippen molar-refractivity contribution < 1.29 is 4.74 Å². The van der Waals surface area contributed by atoms with E-state index in [9.17, 15) is 0 Å². The van der Waals surface area contributed by atoms with Gasteiger partial charge in [-0.05, 0) is 68.2 Å². The van der Waals surface area contributed by atoms with Crippen LogP contribution in [0.3, 0.4) is 0 Å². The minimum Gasteiger partial charge on any atom is -0.489 e. The van der Waals surface area contributed by atoms with Gasteiger partial charge in [-0.2, -0.15) is 0 Å². The van der Waals surface area contributed by atoms with E-state index in [2.05, 4.69) is 89.7 Å². The molecule has 1 aliphatic carbocycles. The summed E-state index contributed by atoms with van der Waals surface area (Å²) in [4.78, 5) is 0. The van der Waals surface area contributed by atoms with Crippen LogP contribution in [-0.4, -0.2) is 0 Å². The van der Waals surface area contributed by atoms with Gasteiger partial charge in [0.05, 0.1) is 0 Å². The topological polar surface area (TPSA) is 35.2 Å². The van der Waals surface area contributed by atoms with E-state index in [0.717, 1.165) is 23.8 Å². The number of aryl methyl sites for hydroxylation is 2. The number of hydrogen-bond donors (Lipinski definition) is 1. The van der Waals surface area contributed by atoms with Crippen molar-refractivity contribution in [3.8, 4) is 5.75 Å². The van der Waals surface area contributed by atoms with Gasteiger partial charge in [-0.25, -0.2) is 0 Å². The normalized spacial score (nSPS) is 21.1. The Morgan fingerprint density at radius 2 is 1.70 bits per heavy atom. The third-order valence-electron chi connectivity index (χ3n) is 6.86. The molecule has 2 heteroatoms. The molecule has 2 nitrogen and oxygen atoms in total. The molecule has 3 rings (SSSR count). The van der Waals surface area contributed by atoms with Gasteiger partial charge < -0.3 is 10.5 Å². The quantitative estimate of drug-likeness (QED) is 0.432. The Morgan fingerprint density at radius 1 is 1.12 bits per heavy atom. The molecule has 0 saturated heterocycles. The van der Waals surface area contributed by atoms with E-state index >= 15 is 0 Å². The average molecular weight is 448 g/mol. The van der Waals surface area contributed by atoms with Crippen LogP contribution in [0.15, 0.2) is 66.4 Å². The third kappa shape index (κ3) is 7.52. The molecule has 2 atom stereocenters. The van der Waals surface area contributed by atoms with Crippen molar-refractivity contribution in [1.82, 2.24) is 0 Å². The molecule has 0 aromatic heterocycles. The van der Waals surface area contributed by atoms with Gasteiger partial charge in [0.2, 0.25) is 0 Å². The first-order valence-electron chi connectivity index (χ1n) is 12.5. The first-order valence-corrected chi connectivity index (χ1v) is 12.5. The number of allylic oxidation sites excluding steroid dienone is 3. The van der Waals surface area contributed by atoms with Crippen molar-refractivity contribution in [1.29, 1.82) is 0 Å². The zero-order valence-electron chi connectivity index (χ0n) is 22.0. The lowest BCUT2D eigenvalue weighted by molar-refractivity contribution is 0.306. The predicted octanol–water partition coefficient (Wildman–Crippen LogP) is 8.41. The molecule has 1 fully saturated rings. The van der Waals surface area contributed by atoms with E-state index in [4.69, 9.17) is 10.5 Å². The standard InChI is InChI=1S/C26H34O.C5H11N/c1-6-8-24-16-21(7-2)17-26(24,5)23-9-11-25(12-10-23)27-18-22-14-19(3)13-20(4)15-22;1-4(2)5(3)6/h8-15,21H,6-7,16-18H2,1-5H3;4H,3,6H2,1-2H3/b24-8+;. The molecule has 2 aromatic carbocycles. The van der Waals surface area contributed by atoms with Gasteiger partial charge in [-0.3, -0.25) is 0 Å². The molecule has 2 N–H and O–H groups in total. The van der Waals surface area contributed by atoms with Crippen LogP contribution in [0.4, 0.5) is 0 Å². The highest BCUT2D eigenvalue weighted by atomic mass is 16.5. The predicted molar refractivity (Wildman–Crippen MR) is 144 cm³/mol. The van der Waals surface area contributed by atoms with Crippen LogP contribution in [0.2, 0.25) is 0 Å². The van der Waals surface area contributed by atoms with E-state index in [1.54, 1.807) is 5.57 Å². The zero-order valence-corrected chi connectivity index (χ0v) is 22.0. The molecule has 0 bridgehead atoms. The highest BCUT2D eigenvalue weighted by Gasteiger charge is 2.39. The van der Waals surface area contributed by atoms with E-state index in [1.807, 2.05) is 13.8 Å². The van der Waals surface area contributed by atoms with Crippen molar-refractivity contribution in [2.45, 2.75) is 86.2 Å². The molecule has 180 valence electrons. The van der Waals surface area contributed by atoms with E-state index < -0.39 is 0 Å². The lowest BCUT2D eigenvalue weighted by Gasteiger charge is -2.27. The number of ether oxygens (including phenoxy) is 1. The Balaban J connectivity index is 0.000000569. The summed E-state index contributed by atoms with van der Waals surface area (Å²) in [6.07, 6.45) is 7.37. The maximum absolute atomic E-state index is 6.05. The van der Waals surface area contributed by atoms with Crippen LogP contribution in [0, 0.1) is 25.7 Å². The largest absolute Gasteiger partial charge is 0.489 e. The zero-order chi connectivity index (χ0) is 24.6. The van der Waals surface area contributed by atoms with Crippen LogP contribution in [-0.2, 0) is 12.0 Å². The molecule has 2 unspecified atom stereocenters. The Labute approximate surface area is 202 Å². The van der Waals surface area contributed by atoms with Gasteiger partial charge >= 0.3 is 0 Å². The average Bonchev–Trinajstić information content (AvgIpc) is 3.09. The van der Waals surface area contributed by atoms with Crippen LogP contribution in [0.25, 0.3) is 0 Å². The van der Waals surface area contributed by atoms with Gasteiger partial charge in [0.15, 0.2) is 0 Å². The molecule has 0 heterocycles. The summed E-state index contributed by atoms with van der Waals surface area (Å²) in [5.41, 5.74) is 13.1. The van der Waals surface area contributed by atoms with Crippen molar-refractivity contribution in [3.63, 3.8) is 0 Å². The first-order chi connectivity index (χ1) is 15.6. The Morgan fingerprint density at radius 3 is 2.18 bits per heavy atom. The third-order valence-corrected chi connectivity index (χ3v) is 6.86. The smallest absolute Gasteiger partial charge is 0.119 e. The lowest BCUT2D eigenvalue weighted by Crippen LogP contribution is -2.20. The van der Waals surface area contributed by atoms with Crippen molar-refractivity contribution in [2.24, 2.45) is 17.6 Å². The van der Waals surface area contributed by atoms with Crippen molar-refractivity contribution in [3.05, 3.63) is 88.6 Å². The van der Waals surface area contributed by atoms with Gasteiger partial charge in [0.25, 0.3) is 0 Å². The van der Waals surface area contributed by atoms with Gasteiger partial charge in [0, 0.05) is 11.1 Å². The van der Waals surface area contributed by atoms with Gasteiger partial charge in [-0.15, -0.1) is 0 Å². The second kappa shape index (κ2) is 12.1. The Kier molecular flexibility index (Phi) is 9.83. The molecule has 0 spiro atoms. The second-order valence-corrected chi connectivity index (χ2v) is 10.2. The number of benzene rings is 2. The summed E-state index contributed by atoms with van der Waals surface area (Å²) in [7, 11) is 0. The SMILES string of the molecule is C=C(N)C(C)C.CC/C=C1\CC(CC)CC1(C)c1ccc(OCc2cc(C)cc(C)c2)cc1. The van der Waals surface area contributed by atoms with Gasteiger partial charge in [0.1, 0.15) is 12.4 Å². The van der Waals surface area contributed by atoms with Crippen LogP contribution in [0.1, 0.15) is 82.6 Å². The fourth-order valence-electron chi connectivity index (χ4n) is 4.70. The maximum atomic E-state index is 6.05. The lowest BCUT2D eigenvalue weighted by atomic mass is 9.77. The second-order valence-electron chi connectivity index (χ2n) is 10.2. The monoisotopic (exact) mass is 447 g/mol. The van der Waals surface area contributed by atoms with Crippen LogP contribution < -0.4 is 10.5 Å². The minimum atomic E-state index is 0.183. The fraction of sp³-hybridized carbons (Fsp3) is 0.484. The molecule has 1 saturated carbocycles. The number of rotatable bonds is 7. The summed E-state index contributed by atoms with van der Waals surface area (Å²) in [6.45, 7) is 19.5. The Hall–Kier alpha value is -2.48. The highest BCUT2D eigenvalue weighted by Crippen LogP contribution is 2.49. The van der Waals surface area contributed by atoms with E-state index in [0.29, 0.717) is 12.5 Å². The summed E-state index contributed by atoms with van der Waals surface area (Å²) >= 11 is 0. The molecule has 33 heavy (non-hydrogen) atoms. The first kappa shape index (κ1) is 26.8. The fourth-order valence-corrected chi connectivity index (χ4v) is 4.70. The minimum absolute atomic E-state index is 0.183. The molecular formula is C31H45NO. The van der Waals surface area contributed by atoms with Crippen LogP contribution >= 0.6 is 0 Å². The summed E-state index contributed by atoms with van der Waals surface area (Å²) in [5, 5.41) is 0. The molecule has 0 amide bonds.